The predicted octanol–water partition coefficient (Wildman–Crippen LogP) is 3.42. The lowest BCUT2D eigenvalue weighted by Gasteiger charge is -2.21. The Morgan fingerprint density at radius 2 is 1.58 bits per heavy atom. The van der Waals surface area contributed by atoms with Gasteiger partial charge in [-0.1, -0.05) is 12.1 Å². The van der Waals surface area contributed by atoms with Crippen molar-refractivity contribution >= 4 is 0 Å². The number of hydrogen-bond donors (Lipinski definition) is 1. The highest BCUT2D eigenvalue weighted by Gasteiger charge is 2.21. The van der Waals surface area contributed by atoms with E-state index in [4.69, 9.17) is 0 Å². The van der Waals surface area contributed by atoms with Crippen LogP contribution in [0.2, 0.25) is 0 Å². The molecule has 1 aliphatic rings. The average Bonchev–Trinajstić information content (AvgIpc) is 2.41. The second-order valence-corrected chi connectivity index (χ2v) is 4.58. The van der Waals surface area contributed by atoms with Crippen LogP contribution >= 0.6 is 0 Å². The molecule has 0 amide bonds. The molecule has 0 atom stereocenters. The lowest BCUT2D eigenvalue weighted by molar-refractivity contribution is 0.566. The Hall–Kier alpha value is -1.81. The third-order valence-electron chi connectivity index (χ3n) is 3.46. The largest absolute Gasteiger partial charge is 0.312 e. The molecule has 0 spiro atoms. The van der Waals surface area contributed by atoms with Gasteiger partial charge in [-0.3, -0.25) is 0 Å². The first-order chi connectivity index (χ1) is 9.18. The Morgan fingerprint density at radius 3 is 2.32 bits per heavy atom. The van der Waals surface area contributed by atoms with E-state index in [9.17, 15) is 13.2 Å². The molecule has 4 heteroatoms. The van der Waals surface area contributed by atoms with E-state index in [1.807, 2.05) is 0 Å². The van der Waals surface area contributed by atoms with Gasteiger partial charge in [0.1, 0.15) is 17.5 Å². The van der Waals surface area contributed by atoms with Crippen LogP contribution in [0.3, 0.4) is 0 Å². The highest BCUT2D eigenvalue weighted by molar-refractivity contribution is 5.70. The molecule has 19 heavy (non-hydrogen) atoms. The lowest BCUT2D eigenvalue weighted by Crippen LogP contribution is -2.25. The molecule has 0 fully saturated rings. The van der Waals surface area contributed by atoms with Crippen LogP contribution in [0.15, 0.2) is 30.3 Å². The van der Waals surface area contributed by atoms with Crippen LogP contribution in [0, 0.1) is 17.5 Å². The minimum atomic E-state index is -0.626. The summed E-state index contributed by atoms with van der Waals surface area (Å²) in [7, 11) is 0. The molecule has 1 N–H and O–H groups in total. The van der Waals surface area contributed by atoms with Gasteiger partial charge in [-0.15, -0.1) is 0 Å². The van der Waals surface area contributed by atoms with E-state index in [2.05, 4.69) is 5.32 Å². The van der Waals surface area contributed by atoms with Crippen molar-refractivity contribution in [3.63, 3.8) is 0 Å². The molecule has 1 nitrogen and oxygen atoms in total. The lowest BCUT2D eigenvalue weighted by atomic mass is 9.91. The third kappa shape index (κ3) is 2.02. The molecular formula is C15H12F3N. The summed E-state index contributed by atoms with van der Waals surface area (Å²) < 4.78 is 41.5. The fraction of sp³-hybridized carbons (Fsp3) is 0.200. The van der Waals surface area contributed by atoms with Gasteiger partial charge >= 0.3 is 0 Å². The van der Waals surface area contributed by atoms with Crippen molar-refractivity contribution in [1.29, 1.82) is 0 Å². The van der Waals surface area contributed by atoms with Crippen molar-refractivity contribution in [2.45, 2.75) is 13.0 Å². The normalized spacial score (nSPS) is 14.3. The zero-order valence-electron chi connectivity index (χ0n) is 10.1. The minimum absolute atomic E-state index is 0.0811. The average molecular weight is 263 g/mol. The van der Waals surface area contributed by atoms with Crippen LogP contribution in [0.1, 0.15) is 11.1 Å². The maximum atomic E-state index is 13.9. The Kier molecular flexibility index (Phi) is 3.03. The first-order valence-corrected chi connectivity index (χ1v) is 6.14. The smallest absolute Gasteiger partial charge is 0.133 e. The van der Waals surface area contributed by atoms with Crippen LogP contribution < -0.4 is 5.32 Å². The van der Waals surface area contributed by atoms with Crippen LogP contribution in [0.5, 0.6) is 0 Å². The number of fused-ring (bicyclic) bond motifs is 1. The third-order valence-corrected chi connectivity index (χ3v) is 3.46. The minimum Gasteiger partial charge on any atom is -0.312 e. The van der Waals surface area contributed by atoms with E-state index >= 15 is 0 Å². The summed E-state index contributed by atoms with van der Waals surface area (Å²) >= 11 is 0. The van der Waals surface area contributed by atoms with Crippen molar-refractivity contribution in [2.24, 2.45) is 0 Å². The van der Waals surface area contributed by atoms with Gasteiger partial charge in [-0.05, 0) is 47.9 Å². The summed E-state index contributed by atoms with van der Waals surface area (Å²) in [6.45, 7) is 1.10. The summed E-state index contributed by atoms with van der Waals surface area (Å²) in [4.78, 5) is 0. The van der Waals surface area contributed by atoms with E-state index in [0.29, 0.717) is 36.2 Å². The van der Waals surface area contributed by atoms with Crippen molar-refractivity contribution in [3.05, 3.63) is 58.9 Å². The Morgan fingerprint density at radius 1 is 0.842 bits per heavy atom. The zero-order chi connectivity index (χ0) is 13.4. The molecule has 0 saturated carbocycles. The molecule has 0 saturated heterocycles. The summed E-state index contributed by atoms with van der Waals surface area (Å²) in [6.07, 6.45) is 0.533. The summed E-state index contributed by atoms with van der Waals surface area (Å²) in [5.74, 6) is -1.56. The monoisotopic (exact) mass is 263 g/mol. The molecule has 0 bridgehead atoms. The van der Waals surface area contributed by atoms with Crippen molar-refractivity contribution < 1.29 is 13.2 Å². The molecule has 2 aromatic carbocycles. The van der Waals surface area contributed by atoms with Crippen LogP contribution in [0.4, 0.5) is 13.2 Å². The molecule has 0 unspecified atom stereocenters. The number of nitrogens with one attached hydrogen (secondary N) is 1. The fourth-order valence-corrected chi connectivity index (χ4v) is 2.55. The van der Waals surface area contributed by atoms with E-state index < -0.39 is 11.6 Å². The van der Waals surface area contributed by atoms with Gasteiger partial charge in [0.15, 0.2) is 0 Å². The van der Waals surface area contributed by atoms with Crippen molar-refractivity contribution in [3.8, 4) is 11.1 Å². The molecule has 0 aromatic heterocycles. The van der Waals surface area contributed by atoms with Gasteiger partial charge in [0, 0.05) is 6.54 Å². The van der Waals surface area contributed by atoms with Gasteiger partial charge in [-0.25, -0.2) is 13.2 Å². The molecule has 1 aliphatic heterocycles. The SMILES string of the molecule is Fc1ccc(-c2c(F)cccc2F)c2c1CCNC2. The number of benzene rings is 2. The van der Waals surface area contributed by atoms with E-state index in [-0.39, 0.29) is 11.4 Å². The first kappa shape index (κ1) is 12.2. The Bertz CT molecular complexity index is 617. The van der Waals surface area contributed by atoms with Gasteiger partial charge in [0.2, 0.25) is 0 Å². The molecule has 0 radical (unpaired) electrons. The highest BCUT2D eigenvalue weighted by Crippen LogP contribution is 2.33. The summed E-state index contributed by atoms with van der Waals surface area (Å²) in [5.41, 5.74) is 1.55. The van der Waals surface area contributed by atoms with Gasteiger partial charge in [0.05, 0.1) is 5.56 Å². The quantitative estimate of drug-likeness (QED) is 0.831. The Labute approximate surface area is 109 Å². The van der Waals surface area contributed by atoms with Crippen LogP contribution in [-0.2, 0) is 13.0 Å². The molecule has 0 aliphatic carbocycles. The maximum Gasteiger partial charge on any atom is 0.133 e. The summed E-state index contributed by atoms with van der Waals surface area (Å²) in [6, 6.07) is 6.48. The van der Waals surface area contributed by atoms with Crippen molar-refractivity contribution in [2.75, 3.05) is 6.54 Å². The molecule has 98 valence electrons. The summed E-state index contributed by atoms with van der Waals surface area (Å²) in [5, 5.41) is 3.11. The van der Waals surface area contributed by atoms with Gasteiger partial charge < -0.3 is 5.32 Å². The number of hydrogen-bond acceptors (Lipinski definition) is 1. The topological polar surface area (TPSA) is 12.0 Å². The van der Waals surface area contributed by atoms with Crippen LogP contribution in [0.25, 0.3) is 11.1 Å². The highest BCUT2D eigenvalue weighted by atomic mass is 19.1. The number of halogens is 3. The maximum absolute atomic E-state index is 13.9. The molecule has 3 rings (SSSR count). The molecule has 1 heterocycles. The second kappa shape index (κ2) is 4.70. The fourth-order valence-electron chi connectivity index (χ4n) is 2.55. The molecular weight excluding hydrogens is 251 g/mol. The van der Waals surface area contributed by atoms with Crippen LogP contribution in [-0.4, -0.2) is 6.54 Å². The predicted molar refractivity (Wildman–Crippen MR) is 67.2 cm³/mol. The standard InChI is InChI=1S/C15H12F3N/c16-12-5-4-10(11-8-19-7-6-9(11)12)15-13(17)2-1-3-14(15)18/h1-5,19H,6-8H2. The number of rotatable bonds is 1. The zero-order valence-corrected chi connectivity index (χ0v) is 10.1. The van der Waals surface area contributed by atoms with E-state index in [0.717, 1.165) is 0 Å². The van der Waals surface area contributed by atoms with Crippen molar-refractivity contribution in [1.82, 2.24) is 5.32 Å². The van der Waals surface area contributed by atoms with E-state index in [1.54, 1.807) is 0 Å². The first-order valence-electron chi connectivity index (χ1n) is 6.14. The second-order valence-electron chi connectivity index (χ2n) is 4.58. The Balaban J connectivity index is 2.26. The van der Waals surface area contributed by atoms with Gasteiger partial charge in [0.25, 0.3) is 0 Å². The molecule has 2 aromatic rings. The van der Waals surface area contributed by atoms with E-state index in [1.165, 1.54) is 30.3 Å². The van der Waals surface area contributed by atoms with Gasteiger partial charge in [-0.2, -0.15) is 0 Å².